The number of primary amides is 2. The van der Waals surface area contributed by atoms with E-state index >= 15 is 0 Å². The number of halogens is 2. The minimum Gasteiger partial charge on any atom is -0.354 e. The number of hydrogen-bond acceptors (Lipinski definition) is 20. The summed E-state index contributed by atoms with van der Waals surface area (Å²) in [6, 6.07) is 14.8. The summed E-state index contributed by atoms with van der Waals surface area (Å²) in [6.45, 7) is 8.33. The van der Waals surface area contributed by atoms with Gasteiger partial charge in [-0.15, -0.1) is 15.3 Å². The van der Waals surface area contributed by atoms with Crippen molar-refractivity contribution in [3.63, 3.8) is 0 Å². The average molecular weight is 1030 g/mol. The highest BCUT2D eigenvalue weighted by Crippen LogP contribution is 2.34. The molecule has 0 bridgehead atoms. The molecular formula is C41H38F2N16O9S3. The van der Waals surface area contributed by atoms with Crippen LogP contribution in [0.3, 0.4) is 0 Å². The number of carbonyl (C=O) groups is 2. The molecule has 0 aliphatic carbocycles. The smallest absolute Gasteiger partial charge is 0.316 e. The molecule has 6 aromatic rings. The van der Waals surface area contributed by atoms with E-state index in [1.54, 1.807) is 6.92 Å². The van der Waals surface area contributed by atoms with Gasteiger partial charge in [-0.05, 0) is 84.3 Å². The first-order valence-corrected chi connectivity index (χ1v) is 24.6. The van der Waals surface area contributed by atoms with E-state index in [4.69, 9.17) is 11.5 Å². The van der Waals surface area contributed by atoms with Crippen molar-refractivity contribution in [2.24, 2.45) is 37.8 Å². The monoisotopic (exact) mass is 1030 g/mol. The van der Waals surface area contributed by atoms with Crippen LogP contribution < -0.4 is 32.7 Å². The van der Waals surface area contributed by atoms with Gasteiger partial charge in [-0.25, -0.2) is 31.4 Å². The number of benzene rings is 4. The third-order valence-corrected chi connectivity index (χ3v) is 12.9. The maximum atomic E-state index is 14.8. The van der Waals surface area contributed by atoms with Crippen molar-refractivity contribution in [2.75, 3.05) is 27.8 Å². The number of nitrogens with two attached hydrogens (primary N) is 2. The van der Waals surface area contributed by atoms with E-state index in [2.05, 4.69) is 84.8 Å². The zero-order chi connectivity index (χ0) is 51.7. The highest BCUT2D eigenvalue weighted by molar-refractivity contribution is 7.94. The molecule has 2 heterocycles. The molecule has 0 saturated carbocycles. The molecule has 0 aliphatic rings. The van der Waals surface area contributed by atoms with Crippen molar-refractivity contribution >= 4 is 93.6 Å². The molecule has 0 fully saturated rings. The summed E-state index contributed by atoms with van der Waals surface area (Å²) in [4.78, 5) is 45.8. The molecule has 4 aromatic carbocycles. The number of amides is 4. The lowest BCUT2D eigenvalue weighted by molar-refractivity contribution is 0.258. The zero-order valence-electron chi connectivity index (χ0n) is 36.6. The van der Waals surface area contributed by atoms with E-state index in [1.807, 2.05) is 0 Å². The van der Waals surface area contributed by atoms with E-state index in [-0.39, 0.29) is 87.9 Å². The van der Waals surface area contributed by atoms with Crippen LogP contribution in [0.25, 0.3) is 0 Å². The molecule has 1 atom stereocenters. The Bertz CT molecular complexity index is 3480. The molecule has 25 nitrogen and oxygen atoms in total. The van der Waals surface area contributed by atoms with Gasteiger partial charge in [0.25, 0.3) is 10.1 Å². The number of sulfone groups is 2. The molecule has 6 rings (SSSR count). The molecular weight excluding hydrogens is 995 g/mol. The maximum absolute atomic E-state index is 14.8. The summed E-state index contributed by atoms with van der Waals surface area (Å²) in [6.07, 6.45) is -2.27. The summed E-state index contributed by atoms with van der Waals surface area (Å²) in [5, 5.41) is 27.9. The van der Waals surface area contributed by atoms with Crippen LogP contribution in [-0.2, 0) is 42.6 Å². The van der Waals surface area contributed by atoms with Crippen molar-refractivity contribution in [3.8, 4) is 0 Å². The van der Waals surface area contributed by atoms with Crippen LogP contribution in [0.15, 0.2) is 138 Å². The average Bonchev–Trinajstić information content (AvgIpc) is 3.29. The van der Waals surface area contributed by atoms with Crippen LogP contribution >= 0.6 is 0 Å². The third kappa shape index (κ3) is 14.2. The second-order valence-corrected chi connectivity index (χ2v) is 19.8. The van der Waals surface area contributed by atoms with Crippen molar-refractivity contribution in [1.29, 1.82) is 0 Å². The van der Waals surface area contributed by atoms with E-state index in [9.17, 15) is 48.2 Å². The van der Waals surface area contributed by atoms with Gasteiger partial charge in [0.15, 0.2) is 19.7 Å². The minimum atomic E-state index is -5.00. The number of urea groups is 2. The Kier molecular flexibility index (Phi) is 15.9. The topological polar surface area (TPSA) is 384 Å². The molecule has 368 valence electrons. The molecule has 2 aromatic heterocycles. The Morgan fingerprint density at radius 2 is 1.23 bits per heavy atom. The van der Waals surface area contributed by atoms with E-state index in [0.29, 0.717) is 17.0 Å². The van der Waals surface area contributed by atoms with Crippen molar-refractivity contribution in [3.05, 3.63) is 132 Å². The number of aromatic nitrogens is 6. The Morgan fingerprint density at radius 1 is 0.676 bits per heavy atom. The summed E-state index contributed by atoms with van der Waals surface area (Å²) < 4.78 is 112. The SMILES string of the molecule is C=CS(=O)(=O)c1ccc(N=Nc2ccc(Nc3nc(F)nc(NCC(C)Cc4nc(F)nc(Cc5ccc(N=Nc6ccc(S(=O)(=O)C=C)cc6S(=O)(=O)O)c(NC(N)=O)c5)n4)n3)cc2NC(N)=O)cc1. The molecule has 71 heavy (non-hydrogen) atoms. The lowest BCUT2D eigenvalue weighted by Crippen LogP contribution is -2.19. The standard InChI is InChI=1S/C41H38F2N16O9S3/c1-4-69(62,63)26-10-7-24(8-11-26)56-57-29-14-9-25(19-32(29)49-39(45)61)47-41-54-37(43)53-40(55-41)46-21-22(3)16-34-50-35(52-36(42)51-34)18-23-6-13-28(31(17-23)48-38(44)60)58-59-30-15-12-27(70(64,65)5-2)20-33(30)71(66,67)68/h4-15,17,19-20,22H,1-2,16,18,21H2,3H3,(H3,44,48,60)(H3,45,49,61)(H,66,67,68)(H2,46,47,53,54,55). The predicted octanol–water partition coefficient (Wildman–Crippen LogP) is 6.85. The van der Waals surface area contributed by atoms with Gasteiger partial charge in [-0.2, -0.15) is 47.2 Å². The van der Waals surface area contributed by atoms with E-state index in [1.165, 1.54) is 60.7 Å². The molecule has 4 amide bonds. The lowest BCUT2D eigenvalue weighted by Gasteiger charge is -2.13. The second-order valence-electron chi connectivity index (χ2n) is 14.7. The molecule has 0 aliphatic heterocycles. The zero-order valence-corrected chi connectivity index (χ0v) is 39.0. The van der Waals surface area contributed by atoms with Crippen LogP contribution in [0.2, 0.25) is 0 Å². The summed E-state index contributed by atoms with van der Waals surface area (Å²) in [5.41, 5.74) is 11.4. The highest BCUT2D eigenvalue weighted by Gasteiger charge is 2.21. The van der Waals surface area contributed by atoms with Gasteiger partial charge in [-0.1, -0.05) is 26.1 Å². The number of anilines is 5. The van der Waals surface area contributed by atoms with Crippen LogP contribution in [0, 0.1) is 18.1 Å². The molecule has 0 spiro atoms. The first-order valence-electron chi connectivity index (χ1n) is 20.0. The van der Waals surface area contributed by atoms with Crippen molar-refractivity contribution < 1.29 is 48.2 Å². The fourth-order valence-corrected chi connectivity index (χ4v) is 8.24. The lowest BCUT2D eigenvalue weighted by atomic mass is 10.1. The third-order valence-electron chi connectivity index (χ3n) is 9.32. The Hall–Kier alpha value is -8.61. The van der Waals surface area contributed by atoms with Crippen LogP contribution in [0.4, 0.5) is 70.1 Å². The first kappa shape index (κ1) is 51.8. The van der Waals surface area contributed by atoms with Gasteiger partial charge in [0.05, 0.1) is 26.9 Å². The van der Waals surface area contributed by atoms with Gasteiger partial charge in [0.2, 0.25) is 11.9 Å². The van der Waals surface area contributed by atoms with Crippen LogP contribution in [-0.4, -0.2) is 78.3 Å². The molecule has 9 N–H and O–H groups in total. The van der Waals surface area contributed by atoms with Gasteiger partial charge < -0.3 is 32.7 Å². The van der Waals surface area contributed by atoms with Gasteiger partial charge in [0.1, 0.15) is 33.6 Å². The van der Waals surface area contributed by atoms with Gasteiger partial charge >= 0.3 is 24.2 Å². The van der Waals surface area contributed by atoms with Crippen molar-refractivity contribution in [1.82, 2.24) is 29.9 Å². The second kappa shape index (κ2) is 21.8. The Labute approximate surface area is 402 Å². The van der Waals surface area contributed by atoms with E-state index in [0.717, 1.165) is 17.5 Å². The number of nitrogens with zero attached hydrogens (tertiary/aromatic N) is 10. The number of rotatable bonds is 20. The van der Waals surface area contributed by atoms with Crippen LogP contribution in [0.1, 0.15) is 24.1 Å². The van der Waals surface area contributed by atoms with E-state index < -0.39 is 69.5 Å². The summed E-state index contributed by atoms with van der Waals surface area (Å²) in [5.74, 6) is -0.733. The number of nitrogens with one attached hydrogen (secondary N) is 4. The van der Waals surface area contributed by atoms with Crippen molar-refractivity contribution in [2.45, 2.75) is 34.5 Å². The molecule has 0 radical (unpaired) electrons. The quantitative estimate of drug-likeness (QED) is 0.0303. The fraction of sp³-hybridized carbons (Fsp3) is 0.122. The Balaban J connectivity index is 1.12. The predicted molar refractivity (Wildman–Crippen MR) is 252 cm³/mol. The maximum Gasteiger partial charge on any atom is 0.316 e. The normalized spacial score (nSPS) is 12.3. The summed E-state index contributed by atoms with van der Waals surface area (Å²) in [7, 11) is -12.8. The Morgan fingerprint density at radius 3 is 1.87 bits per heavy atom. The van der Waals surface area contributed by atoms with Gasteiger partial charge in [-0.3, -0.25) is 4.55 Å². The first-order chi connectivity index (χ1) is 33.5. The summed E-state index contributed by atoms with van der Waals surface area (Å²) >= 11 is 0. The molecule has 30 heteroatoms. The van der Waals surface area contributed by atoms with Crippen LogP contribution in [0.5, 0.6) is 0 Å². The fourth-order valence-electron chi connectivity index (χ4n) is 6.08. The number of carbonyl (C=O) groups excluding carboxylic acids is 2. The van der Waals surface area contributed by atoms with Gasteiger partial charge in [0, 0.05) is 35.9 Å². The molecule has 0 saturated heterocycles. The molecule has 1 unspecified atom stereocenters. The minimum absolute atomic E-state index is 0.00802. The highest BCUT2D eigenvalue weighted by atomic mass is 32.2. The largest absolute Gasteiger partial charge is 0.354 e. The number of azo groups is 2. The number of hydrogen-bond donors (Lipinski definition) is 7.